The van der Waals surface area contributed by atoms with Crippen LogP contribution in [0.1, 0.15) is 30.6 Å². The van der Waals surface area contributed by atoms with Crippen LogP contribution in [0.5, 0.6) is 11.5 Å². The smallest absolute Gasteiger partial charge is 0.338 e. The molecule has 34 heavy (non-hydrogen) atoms. The Hall–Kier alpha value is -2.97. The molecule has 0 aliphatic carbocycles. The van der Waals surface area contributed by atoms with Crippen LogP contribution in [0.3, 0.4) is 0 Å². The van der Waals surface area contributed by atoms with Gasteiger partial charge >= 0.3 is 5.97 Å². The molecule has 1 heterocycles. The molecule has 1 N–H and O–H groups in total. The van der Waals surface area contributed by atoms with Gasteiger partial charge < -0.3 is 29.2 Å². The van der Waals surface area contributed by atoms with E-state index in [1.54, 1.807) is 0 Å². The van der Waals surface area contributed by atoms with E-state index in [2.05, 4.69) is 24.1 Å². The highest BCUT2D eigenvalue weighted by Crippen LogP contribution is 2.37. The molecule has 8 nitrogen and oxygen atoms in total. The number of hydrogen-bond acceptors (Lipinski definition) is 7. The van der Waals surface area contributed by atoms with Gasteiger partial charge in [-0.05, 0) is 48.7 Å². The number of nitrogens with zero attached hydrogens (tertiary/aromatic N) is 1. The molecule has 0 saturated carbocycles. The molecule has 0 radical (unpaired) electrons. The van der Waals surface area contributed by atoms with Gasteiger partial charge in [-0.3, -0.25) is 4.79 Å². The average molecular weight is 491 g/mol. The summed E-state index contributed by atoms with van der Waals surface area (Å²) in [5.41, 5.74) is 1.85. The lowest BCUT2D eigenvalue weighted by Crippen LogP contribution is -2.36. The summed E-state index contributed by atoms with van der Waals surface area (Å²) >= 11 is 6.31. The highest BCUT2D eigenvalue weighted by atomic mass is 35.5. The lowest BCUT2D eigenvalue weighted by molar-refractivity contribution is -0.119. The minimum atomic E-state index is -0.688. The summed E-state index contributed by atoms with van der Waals surface area (Å²) in [6.07, 6.45) is 0.855. The van der Waals surface area contributed by atoms with Crippen LogP contribution in [0, 0.1) is 5.92 Å². The second kappa shape index (κ2) is 12.5. The molecule has 1 aliphatic heterocycles. The van der Waals surface area contributed by atoms with Gasteiger partial charge in [0, 0.05) is 24.5 Å². The molecule has 1 amide bonds. The second-order valence-electron chi connectivity index (χ2n) is 8.29. The average Bonchev–Trinajstić information content (AvgIpc) is 2.84. The molecule has 3 rings (SSSR count). The number of halogens is 1. The van der Waals surface area contributed by atoms with Crippen LogP contribution in [0.25, 0.3) is 0 Å². The Balaban J connectivity index is 1.53. The summed E-state index contributed by atoms with van der Waals surface area (Å²) < 4.78 is 21.6. The molecule has 1 saturated heterocycles. The van der Waals surface area contributed by atoms with E-state index < -0.39 is 18.5 Å². The lowest BCUT2D eigenvalue weighted by Gasteiger charge is -2.28. The fourth-order valence-corrected chi connectivity index (χ4v) is 3.63. The van der Waals surface area contributed by atoms with Gasteiger partial charge in [-0.15, -0.1) is 0 Å². The van der Waals surface area contributed by atoms with Gasteiger partial charge in [0.05, 0.1) is 37.5 Å². The Morgan fingerprint density at radius 1 is 1.15 bits per heavy atom. The third kappa shape index (κ3) is 7.27. The van der Waals surface area contributed by atoms with Crippen LogP contribution in [-0.2, 0) is 14.3 Å². The maximum Gasteiger partial charge on any atom is 0.338 e. The summed E-state index contributed by atoms with van der Waals surface area (Å²) in [7, 11) is 1.47. The van der Waals surface area contributed by atoms with Gasteiger partial charge in [0.1, 0.15) is 0 Å². The Morgan fingerprint density at radius 2 is 1.85 bits per heavy atom. The quantitative estimate of drug-likeness (QED) is 0.494. The van der Waals surface area contributed by atoms with Crippen molar-refractivity contribution in [1.29, 1.82) is 0 Å². The predicted molar refractivity (Wildman–Crippen MR) is 131 cm³/mol. The summed E-state index contributed by atoms with van der Waals surface area (Å²) in [5, 5.41) is 2.96. The summed E-state index contributed by atoms with van der Waals surface area (Å²) in [5.74, 6) is 0.0476. The standard InChI is InChI=1S/C25H31ClN2O6/c1-17(2)8-11-33-24-21(26)14-18(15-22(24)31-3)25(30)34-16-23(29)27-19-4-6-20(7-5-19)28-9-12-32-13-10-28/h4-7,14-15,17H,8-13,16H2,1-3H3,(H,27,29). The predicted octanol–water partition coefficient (Wildman–Crippen LogP) is 4.41. The molecule has 0 atom stereocenters. The van der Waals surface area contributed by atoms with Crippen molar-refractivity contribution in [1.82, 2.24) is 0 Å². The van der Waals surface area contributed by atoms with E-state index >= 15 is 0 Å². The molecule has 0 aromatic heterocycles. The van der Waals surface area contributed by atoms with E-state index in [4.69, 9.17) is 30.5 Å². The Morgan fingerprint density at radius 3 is 2.50 bits per heavy atom. The number of ether oxygens (including phenoxy) is 4. The molecule has 0 spiro atoms. The third-order valence-corrected chi connectivity index (χ3v) is 5.55. The normalized spacial score (nSPS) is 13.5. The van der Waals surface area contributed by atoms with Crippen molar-refractivity contribution in [2.45, 2.75) is 20.3 Å². The van der Waals surface area contributed by atoms with E-state index in [1.807, 2.05) is 24.3 Å². The van der Waals surface area contributed by atoms with Crippen LogP contribution in [-0.4, -0.2) is 58.5 Å². The highest BCUT2D eigenvalue weighted by Gasteiger charge is 2.18. The van der Waals surface area contributed by atoms with Gasteiger partial charge in [-0.1, -0.05) is 25.4 Å². The molecule has 9 heteroatoms. The number of esters is 1. The number of benzene rings is 2. The van der Waals surface area contributed by atoms with Crippen molar-refractivity contribution in [3.63, 3.8) is 0 Å². The first-order valence-electron chi connectivity index (χ1n) is 11.3. The molecule has 2 aromatic rings. The fraction of sp³-hybridized carbons (Fsp3) is 0.440. The van der Waals surface area contributed by atoms with Gasteiger partial charge in [0.15, 0.2) is 18.1 Å². The van der Waals surface area contributed by atoms with Crippen molar-refractivity contribution in [2.75, 3.05) is 56.8 Å². The molecule has 1 fully saturated rings. The topological polar surface area (TPSA) is 86.3 Å². The van der Waals surface area contributed by atoms with E-state index in [-0.39, 0.29) is 10.6 Å². The van der Waals surface area contributed by atoms with Crippen LogP contribution >= 0.6 is 11.6 Å². The Labute approximate surface area is 205 Å². The first-order chi connectivity index (χ1) is 16.4. The van der Waals surface area contributed by atoms with Crippen molar-refractivity contribution in [3.8, 4) is 11.5 Å². The van der Waals surface area contributed by atoms with E-state index in [0.717, 1.165) is 25.2 Å². The molecular weight excluding hydrogens is 460 g/mol. The van der Waals surface area contributed by atoms with Crippen LogP contribution in [0.4, 0.5) is 11.4 Å². The van der Waals surface area contributed by atoms with Crippen molar-refractivity contribution in [3.05, 3.63) is 47.0 Å². The molecule has 0 bridgehead atoms. The number of hydrogen-bond donors (Lipinski definition) is 1. The first-order valence-corrected chi connectivity index (χ1v) is 11.6. The monoisotopic (exact) mass is 490 g/mol. The zero-order chi connectivity index (χ0) is 24.5. The number of carbonyl (C=O) groups is 2. The van der Waals surface area contributed by atoms with Crippen molar-refractivity contribution >= 4 is 34.9 Å². The van der Waals surface area contributed by atoms with Crippen LogP contribution in [0.15, 0.2) is 36.4 Å². The zero-order valence-electron chi connectivity index (χ0n) is 19.8. The number of rotatable bonds is 10. The summed E-state index contributed by atoms with van der Waals surface area (Å²) in [6.45, 7) is 7.31. The van der Waals surface area contributed by atoms with Gasteiger partial charge in [-0.25, -0.2) is 4.79 Å². The number of morpholine rings is 1. The lowest BCUT2D eigenvalue weighted by atomic mass is 10.1. The fourth-order valence-electron chi connectivity index (χ4n) is 3.36. The summed E-state index contributed by atoms with van der Waals surface area (Å²) in [6, 6.07) is 10.4. The maximum atomic E-state index is 12.5. The van der Waals surface area contributed by atoms with E-state index in [9.17, 15) is 9.59 Å². The molecular formula is C25H31ClN2O6. The highest BCUT2D eigenvalue weighted by molar-refractivity contribution is 6.32. The Kier molecular flexibility index (Phi) is 9.42. The van der Waals surface area contributed by atoms with Crippen LogP contribution in [0.2, 0.25) is 5.02 Å². The molecule has 184 valence electrons. The minimum absolute atomic E-state index is 0.167. The molecule has 2 aromatic carbocycles. The number of methoxy groups -OCH3 is 1. The van der Waals surface area contributed by atoms with Gasteiger partial charge in [0.2, 0.25) is 0 Å². The first kappa shape index (κ1) is 25.6. The van der Waals surface area contributed by atoms with E-state index in [1.165, 1.54) is 19.2 Å². The van der Waals surface area contributed by atoms with Crippen molar-refractivity contribution in [2.24, 2.45) is 5.92 Å². The number of amides is 1. The maximum absolute atomic E-state index is 12.5. The molecule has 1 aliphatic rings. The van der Waals surface area contributed by atoms with Crippen LogP contribution < -0.4 is 19.7 Å². The SMILES string of the molecule is COc1cc(C(=O)OCC(=O)Nc2ccc(N3CCOCC3)cc2)cc(Cl)c1OCCC(C)C. The summed E-state index contributed by atoms with van der Waals surface area (Å²) in [4.78, 5) is 27.0. The van der Waals surface area contributed by atoms with Gasteiger partial charge in [-0.2, -0.15) is 0 Å². The number of nitrogens with one attached hydrogen (secondary N) is 1. The Bertz CT molecular complexity index is 974. The van der Waals surface area contributed by atoms with Gasteiger partial charge in [0.25, 0.3) is 5.91 Å². The largest absolute Gasteiger partial charge is 0.493 e. The number of carbonyl (C=O) groups excluding carboxylic acids is 2. The third-order valence-electron chi connectivity index (χ3n) is 5.27. The van der Waals surface area contributed by atoms with Crippen molar-refractivity contribution < 1.29 is 28.5 Å². The number of anilines is 2. The zero-order valence-corrected chi connectivity index (χ0v) is 20.5. The minimum Gasteiger partial charge on any atom is -0.493 e. The van der Waals surface area contributed by atoms with E-state index in [0.29, 0.717) is 42.9 Å². The second-order valence-corrected chi connectivity index (χ2v) is 8.70. The molecule has 0 unspecified atom stereocenters.